The maximum Gasteiger partial charge on any atom is 0.338 e. The molecule has 3 aliphatic heterocycles. The van der Waals surface area contributed by atoms with E-state index >= 15 is 0 Å². The highest BCUT2D eigenvalue weighted by atomic mass is 35.6. The summed E-state index contributed by atoms with van der Waals surface area (Å²) in [4.78, 5) is 75.0. The Balaban J connectivity index is 1.78. The molecular formula is C29H33Cl3N2O13S. The highest BCUT2D eigenvalue weighted by molar-refractivity contribution is 8.00. The lowest BCUT2D eigenvalue weighted by atomic mass is 9.97. The van der Waals surface area contributed by atoms with Gasteiger partial charge in [-0.05, 0) is 12.1 Å². The monoisotopic (exact) mass is 754 g/mol. The molecule has 1 aromatic carbocycles. The predicted molar refractivity (Wildman–Crippen MR) is 168 cm³/mol. The van der Waals surface area contributed by atoms with Crippen LogP contribution >= 0.6 is 46.6 Å². The van der Waals surface area contributed by atoms with Gasteiger partial charge in [0.2, 0.25) is 5.91 Å². The van der Waals surface area contributed by atoms with Gasteiger partial charge in [-0.2, -0.15) is 0 Å². The Kier molecular flexibility index (Phi) is 12.8. The smallest absolute Gasteiger partial charge is 0.338 e. The molecule has 3 saturated heterocycles. The number of thioether (sulfide) groups is 1. The summed E-state index contributed by atoms with van der Waals surface area (Å²) in [7, 11) is 0. The zero-order valence-corrected chi connectivity index (χ0v) is 29.0. The van der Waals surface area contributed by atoms with Crippen molar-refractivity contribution in [1.82, 2.24) is 10.6 Å². The van der Waals surface area contributed by atoms with Crippen LogP contribution in [0.15, 0.2) is 30.3 Å². The molecule has 48 heavy (non-hydrogen) atoms. The first kappa shape index (κ1) is 38.0. The minimum Gasteiger partial charge on any atom is -0.463 e. The summed E-state index contributed by atoms with van der Waals surface area (Å²) in [6, 6.07) is 5.72. The fourth-order valence-corrected chi connectivity index (χ4v) is 7.16. The van der Waals surface area contributed by atoms with E-state index in [1.807, 2.05) is 0 Å². The average Bonchev–Trinajstić information content (AvgIpc) is 3.44. The number of nitrogens with one attached hydrogen (secondary N) is 2. The number of ether oxygens (including phenoxy) is 7. The molecule has 2 N–H and O–H groups in total. The van der Waals surface area contributed by atoms with Crippen LogP contribution in [0, 0.1) is 0 Å². The highest BCUT2D eigenvalue weighted by Gasteiger charge is 2.58. The third-order valence-electron chi connectivity index (χ3n) is 7.24. The first-order chi connectivity index (χ1) is 22.5. The van der Waals surface area contributed by atoms with Crippen molar-refractivity contribution in [2.75, 3.05) is 13.2 Å². The average molecular weight is 756 g/mol. The van der Waals surface area contributed by atoms with Gasteiger partial charge < -0.3 is 43.8 Å². The molecule has 1 aromatic rings. The number of halogens is 3. The Labute approximate surface area is 294 Å². The van der Waals surface area contributed by atoms with Crippen LogP contribution in [-0.2, 0) is 57.1 Å². The molecule has 15 nitrogen and oxygen atoms in total. The van der Waals surface area contributed by atoms with Gasteiger partial charge in [-0.25, -0.2) is 4.79 Å². The van der Waals surface area contributed by atoms with E-state index in [4.69, 9.17) is 68.0 Å². The maximum absolute atomic E-state index is 13.3. The highest BCUT2D eigenvalue weighted by Crippen LogP contribution is 2.43. The van der Waals surface area contributed by atoms with Gasteiger partial charge >= 0.3 is 23.9 Å². The van der Waals surface area contributed by atoms with E-state index in [1.54, 1.807) is 30.3 Å². The van der Waals surface area contributed by atoms with E-state index in [-0.39, 0.29) is 12.2 Å². The third-order valence-corrected chi connectivity index (χ3v) is 9.31. The zero-order chi connectivity index (χ0) is 35.3. The number of carbonyl (C=O) groups is 6. The maximum atomic E-state index is 13.3. The van der Waals surface area contributed by atoms with Gasteiger partial charge in [0.1, 0.15) is 36.3 Å². The first-order valence-electron chi connectivity index (χ1n) is 14.5. The second-order valence-corrected chi connectivity index (χ2v) is 14.5. The van der Waals surface area contributed by atoms with Crippen LogP contribution in [-0.4, -0.2) is 112 Å². The summed E-state index contributed by atoms with van der Waals surface area (Å²) in [5.74, 6) is -4.67. The van der Waals surface area contributed by atoms with E-state index in [0.29, 0.717) is 0 Å². The molecule has 0 radical (unpaired) electrons. The third kappa shape index (κ3) is 9.64. The van der Waals surface area contributed by atoms with Crippen molar-refractivity contribution in [3.63, 3.8) is 0 Å². The number of carbonyl (C=O) groups excluding carboxylic acids is 6. The van der Waals surface area contributed by atoms with Gasteiger partial charge in [0.05, 0.1) is 23.5 Å². The molecule has 3 heterocycles. The Hall–Kier alpha value is -2.86. The van der Waals surface area contributed by atoms with Crippen LogP contribution < -0.4 is 10.6 Å². The topological polar surface area (TPSA) is 191 Å². The van der Waals surface area contributed by atoms with Crippen molar-refractivity contribution < 1.29 is 61.9 Å². The second kappa shape index (κ2) is 16.2. The van der Waals surface area contributed by atoms with Crippen LogP contribution in [0.25, 0.3) is 0 Å². The molecule has 0 unspecified atom stereocenters. The standard InChI is InChI=1S/C29H33Cl3N2O13S/c1-12(35)33-19-23(47-25(39)16-8-6-5-7-9-16)24(18-11-42-26(19)45-18)48-27-20(34-28(40)29(30,31)32)22(44-15(4)38)21(43-14(3)37)17(46-27)10-41-13(2)36/h5-9,17-24,26-27H,10-11H2,1-4H3,(H,33,35)(H,34,40)/t17-,18-,19-,20-,21-,22-,23-,24-,26+,27+/m1/s1. The largest absolute Gasteiger partial charge is 0.463 e. The zero-order valence-electron chi connectivity index (χ0n) is 25.9. The number of hydrogen-bond donors (Lipinski definition) is 2. The first-order valence-corrected chi connectivity index (χ1v) is 16.6. The molecule has 0 aliphatic carbocycles. The van der Waals surface area contributed by atoms with E-state index in [2.05, 4.69) is 10.6 Å². The van der Waals surface area contributed by atoms with Gasteiger partial charge in [0.15, 0.2) is 18.5 Å². The molecule has 3 aliphatic rings. The normalized spacial score (nSPS) is 31.1. The van der Waals surface area contributed by atoms with Crippen LogP contribution in [0.1, 0.15) is 38.1 Å². The molecule has 2 bridgehead atoms. The summed E-state index contributed by atoms with van der Waals surface area (Å²) < 4.78 is 37.9. The van der Waals surface area contributed by atoms with Gasteiger partial charge in [0.25, 0.3) is 9.70 Å². The predicted octanol–water partition coefficient (Wildman–Crippen LogP) is 1.58. The quantitative estimate of drug-likeness (QED) is 0.199. The molecule has 19 heteroatoms. The summed E-state index contributed by atoms with van der Waals surface area (Å²) in [6.45, 7) is 4.13. The van der Waals surface area contributed by atoms with E-state index in [9.17, 15) is 28.8 Å². The summed E-state index contributed by atoms with van der Waals surface area (Å²) in [6.07, 6.45) is -7.01. The molecule has 3 fully saturated rings. The number of rotatable bonds is 10. The molecule has 10 atom stereocenters. The summed E-state index contributed by atoms with van der Waals surface area (Å²) in [5, 5.41) is 4.34. The summed E-state index contributed by atoms with van der Waals surface area (Å²) in [5.41, 5.74) is -1.05. The number of fused-ring (bicyclic) bond motifs is 2. The number of esters is 4. The number of benzene rings is 1. The van der Waals surface area contributed by atoms with Gasteiger partial charge in [-0.1, -0.05) is 53.0 Å². The van der Waals surface area contributed by atoms with Crippen LogP contribution in [0.4, 0.5) is 0 Å². The SMILES string of the molecule is CC(=O)N[C@H]1[C@H]2OC[C@@H](O2)[C@@H](S[C@@H]2O[C@H](COC(C)=O)[C@@H](OC(C)=O)[C@H](OC(C)=O)[C@H]2NC(=O)C(Cl)(Cl)Cl)[C@@H]1OC(=O)c1ccccc1. The summed E-state index contributed by atoms with van der Waals surface area (Å²) >= 11 is 18.6. The van der Waals surface area contributed by atoms with Crippen LogP contribution in [0.3, 0.4) is 0 Å². The molecule has 264 valence electrons. The molecule has 2 amide bonds. The Morgan fingerprint density at radius 1 is 0.833 bits per heavy atom. The number of hydrogen-bond acceptors (Lipinski definition) is 14. The Morgan fingerprint density at radius 2 is 1.48 bits per heavy atom. The van der Waals surface area contributed by atoms with Crippen molar-refractivity contribution in [3.8, 4) is 0 Å². The van der Waals surface area contributed by atoms with Crippen LogP contribution in [0.5, 0.6) is 0 Å². The molecule has 0 aromatic heterocycles. The molecule has 0 saturated carbocycles. The van der Waals surface area contributed by atoms with Crippen molar-refractivity contribution in [2.24, 2.45) is 0 Å². The fraction of sp³-hybridized carbons (Fsp3) is 0.586. The van der Waals surface area contributed by atoms with E-state index < -0.39 is 106 Å². The van der Waals surface area contributed by atoms with E-state index in [1.165, 1.54) is 6.92 Å². The number of amides is 2. The molecule has 4 rings (SSSR count). The minimum atomic E-state index is -2.49. The van der Waals surface area contributed by atoms with Gasteiger partial charge in [0, 0.05) is 27.7 Å². The lowest BCUT2D eigenvalue weighted by Gasteiger charge is -2.47. The minimum absolute atomic E-state index is 0.00995. The van der Waals surface area contributed by atoms with Gasteiger partial charge in [-0.3, -0.25) is 24.0 Å². The molecular weight excluding hydrogens is 723 g/mol. The van der Waals surface area contributed by atoms with Crippen molar-refractivity contribution >= 4 is 82.3 Å². The lowest BCUT2D eigenvalue weighted by Crippen LogP contribution is -2.67. The van der Waals surface area contributed by atoms with Crippen molar-refractivity contribution in [3.05, 3.63) is 35.9 Å². The second-order valence-electron chi connectivity index (χ2n) is 10.9. The molecule has 0 spiro atoms. The Morgan fingerprint density at radius 3 is 2.06 bits per heavy atom. The van der Waals surface area contributed by atoms with Crippen molar-refractivity contribution in [2.45, 2.75) is 91.1 Å². The van der Waals surface area contributed by atoms with Gasteiger partial charge in [-0.15, -0.1) is 11.8 Å². The fourth-order valence-electron chi connectivity index (χ4n) is 5.39. The van der Waals surface area contributed by atoms with Crippen LogP contribution in [0.2, 0.25) is 0 Å². The van der Waals surface area contributed by atoms with Crippen molar-refractivity contribution in [1.29, 1.82) is 0 Å². The number of alkyl halides is 3. The Bertz CT molecular complexity index is 1380. The van der Waals surface area contributed by atoms with E-state index in [0.717, 1.165) is 32.5 Å². The lowest BCUT2D eigenvalue weighted by molar-refractivity contribution is -0.212.